The summed E-state index contributed by atoms with van der Waals surface area (Å²) in [6, 6.07) is 14.9. The maximum absolute atomic E-state index is 14.5. The van der Waals surface area contributed by atoms with Gasteiger partial charge in [0.05, 0.1) is 23.0 Å². The summed E-state index contributed by atoms with van der Waals surface area (Å²) < 4.78 is 46.6. The lowest BCUT2D eigenvalue weighted by atomic mass is 9.59. The number of amides is 2. The molecule has 2 amide bonds. The number of ether oxygens (including phenoxy) is 1. The van der Waals surface area contributed by atoms with Gasteiger partial charge in [0.2, 0.25) is 5.91 Å². The molecule has 1 aliphatic carbocycles. The first-order chi connectivity index (χ1) is 23.9. The molecule has 3 aliphatic rings. The van der Waals surface area contributed by atoms with E-state index in [1.165, 1.54) is 23.1 Å². The third-order valence-electron chi connectivity index (χ3n) is 10.5. The molecule has 2 aromatic carbocycles. The summed E-state index contributed by atoms with van der Waals surface area (Å²) in [7, 11) is 0.240. The Kier molecular flexibility index (Phi) is 12.2. The van der Waals surface area contributed by atoms with Crippen LogP contribution in [0.15, 0.2) is 65.6 Å². The highest BCUT2D eigenvalue weighted by Gasteiger charge is 2.52. The molecule has 0 aromatic heterocycles. The predicted octanol–water partition coefficient (Wildman–Crippen LogP) is 4.31. The maximum Gasteiger partial charge on any atom is 0.404 e. The second-order valence-corrected chi connectivity index (χ2v) is 16.2. The van der Waals surface area contributed by atoms with Gasteiger partial charge in [-0.05, 0) is 107 Å². The van der Waals surface area contributed by atoms with Gasteiger partial charge in [0.25, 0.3) is 0 Å². The minimum Gasteiger partial charge on any atom is -0.494 e. The van der Waals surface area contributed by atoms with E-state index >= 15 is 0 Å². The van der Waals surface area contributed by atoms with Crippen LogP contribution in [0.25, 0.3) is 0 Å². The summed E-state index contributed by atoms with van der Waals surface area (Å²) in [5.41, 5.74) is -0.373. The fourth-order valence-corrected chi connectivity index (χ4v) is 9.52. The fourth-order valence-electron chi connectivity index (χ4n) is 7.87. The quantitative estimate of drug-likeness (QED) is 0.217. The molecule has 2 aliphatic heterocycles. The van der Waals surface area contributed by atoms with E-state index in [-0.39, 0.29) is 41.8 Å². The Morgan fingerprint density at radius 1 is 1.12 bits per heavy atom. The molecule has 270 valence electrons. The van der Waals surface area contributed by atoms with Gasteiger partial charge in [-0.3, -0.25) is 4.79 Å². The van der Waals surface area contributed by atoms with Crippen LogP contribution in [0.5, 0.6) is 5.75 Å². The number of benzene rings is 2. The Morgan fingerprint density at radius 3 is 2.48 bits per heavy atom. The standard InChI is InChI=1S/C37H48FN5O6S/c1-41(2)18-5-11-35(44)43-24-32(25-43)50(47,48)31-14-12-30(13-15-31)49-22-6-19-42-20-16-27(17-21-42)37(26-39,28-7-3-8-29(38)23-28)33-9-4-10-34(33)40-36(45)46/h3,5,7-8,11-15,23,27,32-34,40H,4,6,9-10,16-22,24-25H2,1-2H3,(H,45,46)/b11-5+/t33-,34-,37?/m0/s1. The highest BCUT2D eigenvalue weighted by atomic mass is 32.2. The largest absolute Gasteiger partial charge is 0.494 e. The van der Waals surface area contributed by atoms with Crippen molar-refractivity contribution >= 4 is 21.8 Å². The van der Waals surface area contributed by atoms with Crippen LogP contribution in [0.1, 0.15) is 44.1 Å². The Labute approximate surface area is 294 Å². The summed E-state index contributed by atoms with van der Waals surface area (Å²) in [5, 5.41) is 22.3. The topological polar surface area (TPSA) is 143 Å². The third-order valence-corrected chi connectivity index (χ3v) is 12.6. The smallest absolute Gasteiger partial charge is 0.404 e. The van der Waals surface area contributed by atoms with E-state index in [2.05, 4.69) is 16.3 Å². The molecule has 0 bridgehead atoms. The highest BCUT2D eigenvalue weighted by Crippen LogP contribution is 2.50. The number of likely N-dealkylation sites (tertiary alicyclic amines) is 2. The van der Waals surface area contributed by atoms with Crippen LogP contribution in [0, 0.1) is 29.0 Å². The number of sulfone groups is 1. The molecule has 2 N–H and O–H groups in total. The van der Waals surface area contributed by atoms with Crippen molar-refractivity contribution in [3.63, 3.8) is 0 Å². The zero-order chi connectivity index (χ0) is 35.9. The van der Waals surface area contributed by atoms with Crippen LogP contribution in [-0.2, 0) is 20.0 Å². The molecule has 50 heavy (non-hydrogen) atoms. The summed E-state index contributed by atoms with van der Waals surface area (Å²) >= 11 is 0. The van der Waals surface area contributed by atoms with Gasteiger partial charge < -0.3 is 29.9 Å². The molecule has 3 fully saturated rings. The zero-order valence-electron chi connectivity index (χ0n) is 28.8. The molecule has 0 spiro atoms. The van der Waals surface area contributed by atoms with Gasteiger partial charge >= 0.3 is 6.09 Å². The van der Waals surface area contributed by atoms with Crippen LogP contribution in [-0.4, -0.2) is 111 Å². The fraction of sp³-hybridized carbons (Fsp3) is 0.541. The molecular formula is C37H48FN5O6S. The van der Waals surface area contributed by atoms with E-state index in [1.807, 2.05) is 25.1 Å². The lowest BCUT2D eigenvalue weighted by Gasteiger charge is -2.46. The van der Waals surface area contributed by atoms with E-state index in [9.17, 15) is 32.8 Å². The Bertz CT molecular complexity index is 1670. The van der Waals surface area contributed by atoms with Crippen LogP contribution in [0.3, 0.4) is 0 Å². The van der Waals surface area contributed by atoms with E-state index in [4.69, 9.17) is 4.74 Å². The van der Waals surface area contributed by atoms with Gasteiger partial charge in [-0.1, -0.05) is 24.6 Å². The molecule has 1 unspecified atom stereocenters. The lowest BCUT2D eigenvalue weighted by Crippen LogP contribution is -2.56. The number of nitrogens with zero attached hydrogens (tertiary/aromatic N) is 4. The monoisotopic (exact) mass is 709 g/mol. The number of nitrogens with one attached hydrogen (secondary N) is 1. The summed E-state index contributed by atoms with van der Waals surface area (Å²) in [4.78, 5) is 29.9. The van der Waals surface area contributed by atoms with Crippen molar-refractivity contribution in [1.82, 2.24) is 20.0 Å². The first kappa shape index (κ1) is 37.3. The second-order valence-electron chi connectivity index (χ2n) is 13.9. The van der Waals surface area contributed by atoms with Crippen LogP contribution in [0.2, 0.25) is 0 Å². The summed E-state index contributed by atoms with van der Waals surface area (Å²) in [5.74, 6) is -0.303. The molecule has 11 nitrogen and oxygen atoms in total. The lowest BCUT2D eigenvalue weighted by molar-refractivity contribution is -0.129. The van der Waals surface area contributed by atoms with E-state index < -0.39 is 32.4 Å². The Morgan fingerprint density at radius 2 is 1.84 bits per heavy atom. The highest BCUT2D eigenvalue weighted by molar-refractivity contribution is 7.92. The van der Waals surface area contributed by atoms with Crippen molar-refractivity contribution in [3.05, 3.63) is 72.1 Å². The normalized spacial score (nSPS) is 21.9. The second kappa shape index (κ2) is 16.4. The number of nitriles is 1. The SMILES string of the molecule is CN(C)C/C=C/C(=O)N1CC(S(=O)(=O)c2ccc(OCCCN3CCC(C(C#N)(c4cccc(F)c4)[C@H]4CCC[C@@H]4NC(=O)O)CC3)cc2)C1. The average Bonchev–Trinajstić information content (AvgIpc) is 3.51. The van der Waals surface area contributed by atoms with Crippen molar-refractivity contribution in [2.45, 2.75) is 60.1 Å². The first-order valence-corrected chi connectivity index (χ1v) is 18.9. The molecule has 1 saturated carbocycles. The molecule has 13 heteroatoms. The molecule has 5 rings (SSSR count). The molecular weight excluding hydrogens is 662 g/mol. The average molecular weight is 710 g/mol. The molecule has 3 atom stereocenters. The number of hydrogen-bond acceptors (Lipinski definition) is 8. The van der Waals surface area contributed by atoms with E-state index in [1.54, 1.807) is 36.4 Å². The van der Waals surface area contributed by atoms with Crippen molar-refractivity contribution in [3.8, 4) is 11.8 Å². The van der Waals surface area contributed by atoms with Crippen molar-refractivity contribution in [1.29, 1.82) is 5.26 Å². The molecule has 2 saturated heterocycles. The Balaban J connectivity index is 1.10. The third kappa shape index (κ3) is 8.48. The molecule has 2 heterocycles. The van der Waals surface area contributed by atoms with Gasteiger partial charge in [-0.25, -0.2) is 17.6 Å². The van der Waals surface area contributed by atoms with Crippen LogP contribution < -0.4 is 10.1 Å². The van der Waals surface area contributed by atoms with Crippen molar-refractivity contribution < 1.29 is 32.2 Å². The zero-order valence-corrected chi connectivity index (χ0v) is 29.7. The van der Waals surface area contributed by atoms with Gasteiger partial charge in [0.1, 0.15) is 16.8 Å². The number of carboxylic acid groups (broad SMARTS) is 1. The number of likely N-dealkylation sites (N-methyl/N-ethyl adjacent to an activating group) is 1. The number of hydrogen-bond donors (Lipinski definition) is 2. The minimum atomic E-state index is -3.57. The summed E-state index contributed by atoms with van der Waals surface area (Å²) in [6.45, 7) is 3.74. The number of piperidine rings is 1. The predicted molar refractivity (Wildman–Crippen MR) is 187 cm³/mol. The van der Waals surface area contributed by atoms with Gasteiger partial charge in [0, 0.05) is 44.2 Å². The van der Waals surface area contributed by atoms with Gasteiger partial charge in [-0.2, -0.15) is 5.26 Å². The van der Waals surface area contributed by atoms with Gasteiger partial charge in [-0.15, -0.1) is 0 Å². The van der Waals surface area contributed by atoms with Crippen LogP contribution in [0.4, 0.5) is 9.18 Å². The minimum absolute atomic E-state index is 0.0498. The maximum atomic E-state index is 14.5. The molecule has 2 aromatic rings. The van der Waals surface area contributed by atoms with Crippen molar-refractivity contribution in [2.75, 3.05) is 60.0 Å². The number of carbonyl (C=O) groups excluding carboxylic acids is 1. The van der Waals surface area contributed by atoms with Crippen LogP contribution >= 0.6 is 0 Å². The van der Waals surface area contributed by atoms with Gasteiger partial charge in [0.15, 0.2) is 9.84 Å². The van der Waals surface area contributed by atoms with E-state index in [0.717, 1.165) is 45.3 Å². The number of halogens is 1. The first-order valence-electron chi connectivity index (χ1n) is 17.4. The number of rotatable bonds is 14. The summed E-state index contributed by atoms with van der Waals surface area (Å²) in [6.07, 6.45) is 6.53. The van der Waals surface area contributed by atoms with Crippen molar-refractivity contribution in [2.24, 2.45) is 11.8 Å². The Hall–Kier alpha value is -3.99. The van der Waals surface area contributed by atoms with E-state index in [0.29, 0.717) is 37.3 Å². The number of carbonyl (C=O) groups is 2. The molecule has 0 radical (unpaired) electrons.